The molecule has 0 fully saturated rings. The first-order valence-corrected chi connectivity index (χ1v) is 5.55. The smallest absolute Gasteiger partial charge is 0.0339 e. The molecule has 0 aliphatic heterocycles. The fourth-order valence-corrected chi connectivity index (χ4v) is 2.40. The van der Waals surface area contributed by atoms with Crippen molar-refractivity contribution in [2.45, 2.75) is 46.1 Å². The van der Waals surface area contributed by atoms with Crippen LogP contribution in [0.5, 0.6) is 0 Å². The zero-order valence-electron chi connectivity index (χ0n) is 9.51. The monoisotopic (exact) mass is 194 g/mol. The van der Waals surface area contributed by atoms with E-state index in [1.54, 1.807) is 0 Å². The van der Waals surface area contributed by atoms with Crippen LogP contribution in [0.25, 0.3) is 0 Å². The van der Waals surface area contributed by atoms with Gasteiger partial charge in [0, 0.05) is 17.2 Å². The molecule has 0 aromatic carbocycles. The minimum atomic E-state index is 0.0000926. The SMILES string of the molecule is CCC1=C(N)C(CC)(CC)C(N)C=C1. The Morgan fingerprint density at radius 3 is 2.29 bits per heavy atom. The molecule has 1 rings (SSSR count). The lowest BCUT2D eigenvalue weighted by molar-refractivity contribution is 0.281. The van der Waals surface area contributed by atoms with E-state index in [-0.39, 0.29) is 11.5 Å². The first kappa shape index (κ1) is 11.3. The summed E-state index contributed by atoms with van der Waals surface area (Å²) in [5.74, 6) is 0. The highest BCUT2D eigenvalue weighted by molar-refractivity contribution is 5.36. The molecule has 14 heavy (non-hydrogen) atoms. The van der Waals surface area contributed by atoms with Gasteiger partial charge >= 0.3 is 0 Å². The fraction of sp³-hybridized carbons (Fsp3) is 0.667. The van der Waals surface area contributed by atoms with Crippen molar-refractivity contribution in [2.24, 2.45) is 16.9 Å². The normalized spacial score (nSPS) is 25.6. The number of hydrogen-bond donors (Lipinski definition) is 2. The second-order valence-electron chi connectivity index (χ2n) is 4.04. The summed E-state index contributed by atoms with van der Waals surface area (Å²) in [5, 5.41) is 0. The second-order valence-corrected chi connectivity index (χ2v) is 4.04. The van der Waals surface area contributed by atoms with Crippen molar-refractivity contribution in [2.75, 3.05) is 0 Å². The molecule has 0 spiro atoms. The van der Waals surface area contributed by atoms with E-state index >= 15 is 0 Å². The van der Waals surface area contributed by atoms with E-state index in [4.69, 9.17) is 11.5 Å². The van der Waals surface area contributed by atoms with Gasteiger partial charge < -0.3 is 11.5 Å². The summed E-state index contributed by atoms with van der Waals surface area (Å²) in [5.41, 5.74) is 14.6. The second kappa shape index (κ2) is 4.18. The van der Waals surface area contributed by atoms with Crippen LogP contribution in [0.3, 0.4) is 0 Å². The molecule has 1 aliphatic carbocycles. The number of rotatable bonds is 3. The molecular formula is C12H22N2. The highest BCUT2D eigenvalue weighted by Gasteiger charge is 2.37. The van der Waals surface area contributed by atoms with Crippen LogP contribution in [0.2, 0.25) is 0 Å². The van der Waals surface area contributed by atoms with E-state index < -0.39 is 0 Å². The van der Waals surface area contributed by atoms with Crippen LogP contribution in [0.1, 0.15) is 40.0 Å². The van der Waals surface area contributed by atoms with E-state index in [0.717, 1.165) is 25.0 Å². The molecule has 2 nitrogen and oxygen atoms in total. The van der Waals surface area contributed by atoms with E-state index in [2.05, 4.69) is 32.9 Å². The minimum Gasteiger partial charge on any atom is -0.401 e. The Morgan fingerprint density at radius 2 is 1.86 bits per heavy atom. The average molecular weight is 194 g/mol. The first-order chi connectivity index (χ1) is 6.62. The number of allylic oxidation sites excluding steroid dienone is 2. The van der Waals surface area contributed by atoms with Crippen molar-refractivity contribution in [1.29, 1.82) is 0 Å². The molecule has 0 heterocycles. The van der Waals surface area contributed by atoms with Crippen molar-refractivity contribution < 1.29 is 0 Å². The van der Waals surface area contributed by atoms with Crippen molar-refractivity contribution in [1.82, 2.24) is 0 Å². The van der Waals surface area contributed by atoms with Gasteiger partial charge in [0.15, 0.2) is 0 Å². The standard InChI is InChI=1S/C12H22N2/c1-4-9-7-8-10(13)12(5-2,6-3)11(9)14/h7-8,10H,4-6,13-14H2,1-3H3. The van der Waals surface area contributed by atoms with Gasteiger partial charge in [-0.15, -0.1) is 0 Å². The van der Waals surface area contributed by atoms with Crippen LogP contribution >= 0.6 is 0 Å². The molecular weight excluding hydrogens is 172 g/mol. The van der Waals surface area contributed by atoms with Gasteiger partial charge in [0.1, 0.15) is 0 Å². The van der Waals surface area contributed by atoms with Crippen LogP contribution in [0, 0.1) is 5.41 Å². The van der Waals surface area contributed by atoms with Crippen LogP contribution in [-0.4, -0.2) is 6.04 Å². The molecule has 0 aromatic heterocycles. The lowest BCUT2D eigenvalue weighted by atomic mass is 9.69. The minimum absolute atomic E-state index is 0.0000926. The van der Waals surface area contributed by atoms with Crippen LogP contribution in [0.15, 0.2) is 23.4 Å². The third kappa shape index (κ3) is 1.48. The van der Waals surface area contributed by atoms with Crippen LogP contribution in [0.4, 0.5) is 0 Å². The summed E-state index contributed by atoms with van der Waals surface area (Å²) in [4.78, 5) is 0. The van der Waals surface area contributed by atoms with Crippen LogP contribution < -0.4 is 11.5 Å². The molecule has 0 radical (unpaired) electrons. The van der Waals surface area contributed by atoms with E-state index in [0.29, 0.717) is 0 Å². The lowest BCUT2D eigenvalue weighted by Gasteiger charge is -2.40. The molecule has 4 N–H and O–H groups in total. The van der Waals surface area contributed by atoms with Gasteiger partial charge in [-0.05, 0) is 24.8 Å². The average Bonchev–Trinajstić information content (AvgIpc) is 2.20. The third-order valence-electron chi connectivity index (χ3n) is 3.67. The van der Waals surface area contributed by atoms with Crippen molar-refractivity contribution >= 4 is 0 Å². The molecule has 0 saturated carbocycles. The number of nitrogens with two attached hydrogens (primary N) is 2. The predicted molar refractivity (Wildman–Crippen MR) is 61.6 cm³/mol. The molecule has 0 amide bonds. The third-order valence-corrected chi connectivity index (χ3v) is 3.67. The molecule has 0 saturated heterocycles. The summed E-state index contributed by atoms with van der Waals surface area (Å²) in [6.45, 7) is 6.48. The largest absolute Gasteiger partial charge is 0.401 e. The molecule has 0 bridgehead atoms. The highest BCUT2D eigenvalue weighted by Crippen LogP contribution is 2.40. The Bertz CT molecular complexity index is 259. The quantitative estimate of drug-likeness (QED) is 0.724. The molecule has 1 aliphatic rings. The predicted octanol–water partition coefficient (Wildman–Crippen LogP) is 2.31. The maximum Gasteiger partial charge on any atom is 0.0339 e. The molecule has 80 valence electrons. The highest BCUT2D eigenvalue weighted by atomic mass is 14.8. The molecule has 2 heteroatoms. The van der Waals surface area contributed by atoms with Gasteiger partial charge in [0.05, 0.1) is 0 Å². The van der Waals surface area contributed by atoms with Gasteiger partial charge in [0.2, 0.25) is 0 Å². The van der Waals surface area contributed by atoms with Crippen molar-refractivity contribution in [3.63, 3.8) is 0 Å². The maximum absolute atomic E-state index is 6.23. The van der Waals surface area contributed by atoms with Gasteiger partial charge in [-0.25, -0.2) is 0 Å². The number of hydrogen-bond acceptors (Lipinski definition) is 2. The van der Waals surface area contributed by atoms with E-state index in [9.17, 15) is 0 Å². The fourth-order valence-electron chi connectivity index (χ4n) is 2.40. The summed E-state index contributed by atoms with van der Waals surface area (Å²) in [7, 11) is 0. The Hall–Kier alpha value is -0.760. The van der Waals surface area contributed by atoms with Gasteiger partial charge in [-0.2, -0.15) is 0 Å². The Kier molecular flexibility index (Phi) is 3.38. The Labute approximate surface area is 87.0 Å². The van der Waals surface area contributed by atoms with Gasteiger partial charge in [0.25, 0.3) is 0 Å². The van der Waals surface area contributed by atoms with Crippen LogP contribution in [-0.2, 0) is 0 Å². The van der Waals surface area contributed by atoms with E-state index in [1.165, 1.54) is 5.57 Å². The topological polar surface area (TPSA) is 52.0 Å². The van der Waals surface area contributed by atoms with E-state index in [1.807, 2.05) is 0 Å². The molecule has 1 atom stereocenters. The summed E-state index contributed by atoms with van der Waals surface area (Å²) < 4.78 is 0. The molecule has 1 unspecified atom stereocenters. The Morgan fingerprint density at radius 1 is 1.29 bits per heavy atom. The molecule has 0 aromatic rings. The summed E-state index contributed by atoms with van der Waals surface area (Å²) >= 11 is 0. The lowest BCUT2D eigenvalue weighted by Crippen LogP contribution is -2.45. The summed E-state index contributed by atoms with van der Waals surface area (Å²) in [6.07, 6.45) is 7.22. The first-order valence-electron chi connectivity index (χ1n) is 5.55. The van der Waals surface area contributed by atoms with Gasteiger partial charge in [-0.3, -0.25) is 0 Å². The Balaban J connectivity index is 3.15. The van der Waals surface area contributed by atoms with Crippen molar-refractivity contribution in [3.05, 3.63) is 23.4 Å². The maximum atomic E-state index is 6.23. The van der Waals surface area contributed by atoms with Gasteiger partial charge in [-0.1, -0.05) is 32.9 Å². The van der Waals surface area contributed by atoms with Crippen molar-refractivity contribution in [3.8, 4) is 0 Å². The zero-order valence-corrected chi connectivity index (χ0v) is 9.51. The summed E-state index contributed by atoms with van der Waals surface area (Å²) in [6, 6.07) is 0.0767. The zero-order chi connectivity index (χ0) is 10.8.